The van der Waals surface area contributed by atoms with Crippen LogP contribution in [0.5, 0.6) is 17.2 Å². The molecule has 0 aliphatic heterocycles. The number of thiazole rings is 1. The molecule has 2 aromatic rings. The third kappa shape index (κ3) is 4.48. The summed E-state index contributed by atoms with van der Waals surface area (Å²) in [4.78, 5) is 16.3. The molecule has 0 unspecified atom stereocenters. The first-order chi connectivity index (χ1) is 11.6. The monoisotopic (exact) mass is 348 g/mol. The van der Waals surface area contributed by atoms with Gasteiger partial charge in [-0.3, -0.25) is 4.79 Å². The molecule has 0 saturated carbocycles. The summed E-state index contributed by atoms with van der Waals surface area (Å²) in [7, 11) is 4.69. The quantitative estimate of drug-likeness (QED) is 0.779. The highest BCUT2D eigenvalue weighted by molar-refractivity contribution is 7.09. The van der Waals surface area contributed by atoms with Crippen molar-refractivity contribution in [2.24, 2.45) is 0 Å². The molecule has 1 aromatic heterocycles. The van der Waals surface area contributed by atoms with E-state index in [2.05, 4.69) is 10.3 Å². The standard InChI is InChI=1S/C17H20N2O4S/c1-11-19-12(10-24-11)5-6-17(20)18-9-14-15(22-3)7-13(21-2)8-16(14)23-4/h5-8,10H,9H2,1-4H3,(H,18,20)/b6-5+. The molecule has 1 heterocycles. The van der Waals surface area contributed by atoms with Crippen molar-refractivity contribution in [1.82, 2.24) is 10.3 Å². The van der Waals surface area contributed by atoms with E-state index in [1.165, 1.54) is 6.08 Å². The van der Waals surface area contributed by atoms with Crippen molar-refractivity contribution in [3.63, 3.8) is 0 Å². The Morgan fingerprint density at radius 2 is 1.88 bits per heavy atom. The highest BCUT2D eigenvalue weighted by Gasteiger charge is 2.13. The van der Waals surface area contributed by atoms with Crippen LogP contribution in [0.3, 0.4) is 0 Å². The molecule has 0 aliphatic rings. The van der Waals surface area contributed by atoms with Gasteiger partial charge in [-0.05, 0) is 13.0 Å². The van der Waals surface area contributed by atoms with E-state index >= 15 is 0 Å². The first kappa shape index (κ1) is 17.8. The van der Waals surface area contributed by atoms with Crippen LogP contribution >= 0.6 is 11.3 Å². The van der Waals surface area contributed by atoms with Gasteiger partial charge in [0.15, 0.2) is 0 Å². The number of carbonyl (C=O) groups is 1. The zero-order valence-electron chi connectivity index (χ0n) is 14.1. The lowest BCUT2D eigenvalue weighted by Crippen LogP contribution is -2.21. The molecule has 0 atom stereocenters. The van der Waals surface area contributed by atoms with Crippen molar-refractivity contribution in [1.29, 1.82) is 0 Å². The number of nitrogens with one attached hydrogen (secondary N) is 1. The van der Waals surface area contributed by atoms with E-state index in [4.69, 9.17) is 14.2 Å². The fourth-order valence-corrected chi connectivity index (χ4v) is 2.68. The van der Waals surface area contributed by atoms with Crippen LogP contribution in [-0.2, 0) is 11.3 Å². The Labute approximate surface area is 145 Å². The summed E-state index contributed by atoms with van der Waals surface area (Å²) >= 11 is 1.54. The minimum atomic E-state index is -0.222. The van der Waals surface area contributed by atoms with Gasteiger partial charge in [-0.25, -0.2) is 4.98 Å². The summed E-state index contributed by atoms with van der Waals surface area (Å²) < 4.78 is 15.9. The first-order valence-corrected chi connectivity index (χ1v) is 8.12. The van der Waals surface area contributed by atoms with E-state index in [1.807, 2.05) is 12.3 Å². The van der Waals surface area contributed by atoms with Gasteiger partial charge in [-0.15, -0.1) is 11.3 Å². The lowest BCUT2D eigenvalue weighted by Gasteiger charge is -2.15. The molecule has 0 bridgehead atoms. The summed E-state index contributed by atoms with van der Waals surface area (Å²) in [5, 5.41) is 5.67. The van der Waals surface area contributed by atoms with Gasteiger partial charge in [-0.2, -0.15) is 0 Å². The summed E-state index contributed by atoms with van der Waals surface area (Å²) in [6, 6.07) is 3.50. The lowest BCUT2D eigenvalue weighted by atomic mass is 10.1. The van der Waals surface area contributed by atoms with E-state index in [1.54, 1.807) is 50.9 Å². The Morgan fingerprint density at radius 3 is 2.38 bits per heavy atom. The molecular weight excluding hydrogens is 328 g/mol. The normalized spacial score (nSPS) is 10.7. The van der Waals surface area contributed by atoms with Gasteiger partial charge in [0.1, 0.15) is 17.2 Å². The number of aromatic nitrogens is 1. The van der Waals surface area contributed by atoms with Crippen molar-refractivity contribution in [2.45, 2.75) is 13.5 Å². The van der Waals surface area contributed by atoms with Crippen LogP contribution in [0.15, 0.2) is 23.6 Å². The van der Waals surface area contributed by atoms with Crippen LogP contribution in [0.4, 0.5) is 0 Å². The van der Waals surface area contributed by atoms with Crippen LogP contribution in [0.2, 0.25) is 0 Å². The maximum atomic E-state index is 12.0. The third-order valence-corrected chi connectivity index (χ3v) is 4.09. The third-order valence-electron chi connectivity index (χ3n) is 3.30. The summed E-state index contributed by atoms with van der Waals surface area (Å²) in [5.74, 6) is 1.58. The minimum Gasteiger partial charge on any atom is -0.496 e. The highest BCUT2D eigenvalue weighted by Crippen LogP contribution is 2.33. The van der Waals surface area contributed by atoms with Crippen molar-refractivity contribution in [3.05, 3.63) is 39.9 Å². The second-order valence-electron chi connectivity index (χ2n) is 4.85. The topological polar surface area (TPSA) is 69.7 Å². The fourth-order valence-electron chi connectivity index (χ4n) is 2.10. The Balaban J connectivity index is 2.07. The molecule has 0 saturated heterocycles. The minimum absolute atomic E-state index is 0.222. The van der Waals surface area contributed by atoms with Gasteiger partial charge in [0.25, 0.3) is 0 Å². The number of methoxy groups -OCH3 is 3. The smallest absolute Gasteiger partial charge is 0.244 e. The maximum Gasteiger partial charge on any atom is 0.244 e. The van der Waals surface area contributed by atoms with Gasteiger partial charge < -0.3 is 19.5 Å². The zero-order valence-corrected chi connectivity index (χ0v) is 14.9. The number of carbonyl (C=O) groups excluding carboxylic acids is 1. The number of hydrogen-bond donors (Lipinski definition) is 1. The summed E-state index contributed by atoms with van der Waals surface area (Å²) in [6.45, 7) is 2.19. The average Bonchev–Trinajstić information content (AvgIpc) is 3.02. The Kier molecular flexibility index (Phi) is 6.20. The molecule has 0 radical (unpaired) electrons. The van der Waals surface area contributed by atoms with E-state index in [0.29, 0.717) is 17.2 Å². The molecule has 0 spiro atoms. The van der Waals surface area contributed by atoms with Crippen molar-refractivity contribution >= 4 is 23.3 Å². The highest BCUT2D eigenvalue weighted by atomic mass is 32.1. The second kappa shape index (κ2) is 8.35. The van der Waals surface area contributed by atoms with Crippen LogP contribution < -0.4 is 19.5 Å². The molecule has 6 nitrogen and oxygen atoms in total. The van der Waals surface area contributed by atoms with E-state index < -0.39 is 0 Å². The van der Waals surface area contributed by atoms with Gasteiger partial charge in [0, 0.05) is 23.6 Å². The van der Waals surface area contributed by atoms with Crippen LogP contribution in [0.1, 0.15) is 16.3 Å². The van der Waals surface area contributed by atoms with E-state index in [-0.39, 0.29) is 12.5 Å². The van der Waals surface area contributed by atoms with Gasteiger partial charge in [0.05, 0.1) is 44.1 Å². The van der Waals surface area contributed by atoms with Crippen molar-refractivity contribution in [2.75, 3.05) is 21.3 Å². The molecular formula is C17H20N2O4S. The van der Waals surface area contributed by atoms with Crippen LogP contribution in [-0.4, -0.2) is 32.2 Å². The second-order valence-corrected chi connectivity index (χ2v) is 5.92. The van der Waals surface area contributed by atoms with Crippen LogP contribution in [0, 0.1) is 6.92 Å². The molecule has 1 aromatic carbocycles. The Bertz CT molecular complexity index is 715. The maximum absolute atomic E-state index is 12.0. The first-order valence-electron chi connectivity index (χ1n) is 7.24. The van der Waals surface area contributed by atoms with Crippen LogP contribution in [0.25, 0.3) is 6.08 Å². The molecule has 1 N–H and O–H groups in total. The molecule has 128 valence electrons. The number of rotatable bonds is 7. The van der Waals surface area contributed by atoms with Crippen molar-refractivity contribution in [3.8, 4) is 17.2 Å². The summed E-state index contributed by atoms with van der Waals surface area (Å²) in [5.41, 5.74) is 1.51. The van der Waals surface area contributed by atoms with E-state index in [0.717, 1.165) is 16.3 Å². The number of benzene rings is 1. The van der Waals surface area contributed by atoms with Gasteiger partial charge in [0.2, 0.25) is 5.91 Å². The zero-order chi connectivity index (χ0) is 17.5. The lowest BCUT2D eigenvalue weighted by molar-refractivity contribution is -0.116. The molecule has 0 fully saturated rings. The predicted octanol–water partition coefficient (Wildman–Crippen LogP) is 2.81. The van der Waals surface area contributed by atoms with E-state index in [9.17, 15) is 4.79 Å². The number of ether oxygens (including phenoxy) is 3. The van der Waals surface area contributed by atoms with Gasteiger partial charge >= 0.3 is 0 Å². The molecule has 1 amide bonds. The van der Waals surface area contributed by atoms with Crippen molar-refractivity contribution < 1.29 is 19.0 Å². The molecule has 2 rings (SSSR count). The number of aryl methyl sites for hydroxylation is 1. The Morgan fingerprint density at radius 1 is 1.21 bits per heavy atom. The SMILES string of the molecule is COc1cc(OC)c(CNC(=O)/C=C/c2csc(C)n2)c(OC)c1. The number of hydrogen-bond acceptors (Lipinski definition) is 6. The fraction of sp³-hybridized carbons (Fsp3) is 0.294. The molecule has 0 aliphatic carbocycles. The molecule has 24 heavy (non-hydrogen) atoms. The average molecular weight is 348 g/mol. The Hall–Kier alpha value is -2.54. The number of nitrogens with zero attached hydrogens (tertiary/aromatic N) is 1. The molecule has 7 heteroatoms. The largest absolute Gasteiger partial charge is 0.496 e. The summed E-state index contributed by atoms with van der Waals surface area (Å²) in [6.07, 6.45) is 3.14. The van der Waals surface area contributed by atoms with Gasteiger partial charge in [-0.1, -0.05) is 0 Å². The number of amides is 1. The predicted molar refractivity (Wildman–Crippen MR) is 93.8 cm³/mol.